The lowest BCUT2D eigenvalue weighted by Gasteiger charge is -2.24. The summed E-state index contributed by atoms with van der Waals surface area (Å²) >= 11 is 0. The molecule has 0 aliphatic rings. The Kier molecular flexibility index (Phi) is 6.29. The number of hydrogen-bond acceptors (Lipinski definition) is 3. The van der Waals surface area contributed by atoms with Gasteiger partial charge in [0.1, 0.15) is 5.75 Å². The van der Waals surface area contributed by atoms with Crippen LogP contribution in [0.1, 0.15) is 18.0 Å². The molecule has 1 rings (SSSR count). The summed E-state index contributed by atoms with van der Waals surface area (Å²) in [4.78, 5) is 1.67. The van der Waals surface area contributed by atoms with Crippen LogP contribution < -0.4 is 10.1 Å². The minimum Gasteiger partial charge on any atom is -0.497 e. The lowest BCUT2D eigenvalue weighted by molar-refractivity contribution is -0.137. The van der Waals surface area contributed by atoms with Crippen LogP contribution >= 0.6 is 0 Å². The first-order valence-electron chi connectivity index (χ1n) is 6.42. The van der Waals surface area contributed by atoms with Gasteiger partial charge in [0.25, 0.3) is 0 Å². The van der Waals surface area contributed by atoms with Crippen molar-refractivity contribution in [3.63, 3.8) is 0 Å². The quantitative estimate of drug-likeness (QED) is 0.835. The molecule has 1 aromatic rings. The highest BCUT2D eigenvalue weighted by Crippen LogP contribution is 2.22. The second-order valence-corrected chi connectivity index (χ2v) is 4.75. The van der Waals surface area contributed by atoms with Gasteiger partial charge < -0.3 is 15.0 Å². The highest BCUT2D eigenvalue weighted by atomic mass is 19.4. The first-order valence-corrected chi connectivity index (χ1v) is 6.42. The second kappa shape index (κ2) is 7.50. The summed E-state index contributed by atoms with van der Waals surface area (Å²) in [6, 6.07) is 7.49. The fourth-order valence-electron chi connectivity index (χ4n) is 1.94. The Morgan fingerprint density at radius 2 is 2.05 bits per heavy atom. The Hall–Kier alpha value is -1.27. The molecule has 0 amide bonds. The van der Waals surface area contributed by atoms with E-state index in [2.05, 4.69) is 5.32 Å². The molecule has 0 aliphatic carbocycles. The number of methoxy groups -OCH3 is 1. The molecule has 114 valence electrons. The molecular formula is C14H21F3N2O. The standard InChI is InChI=1S/C14H21F3N2O/c1-18-13(10-19(2)8-7-14(15,16)17)11-5-4-6-12(9-11)20-3/h4-6,9,13,18H,7-8,10H2,1-3H3. The monoisotopic (exact) mass is 290 g/mol. The van der Waals surface area contributed by atoms with E-state index in [1.807, 2.05) is 24.3 Å². The Labute approximate surface area is 117 Å². The van der Waals surface area contributed by atoms with Gasteiger partial charge in [0.05, 0.1) is 13.5 Å². The molecule has 0 aliphatic heterocycles. The third-order valence-electron chi connectivity index (χ3n) is 3.12. The van der Waals surface area contributed by atoms with E-state index in [1.54, 1.807) is 26.1 Å². The fourth-order valence-corrected chi connectivity index (χ4v) is 1.94. The van der Waals surface area contributed by atoms with Crippen LogP contribution in [0.5, 0.6) is 5.75 Å². The summed E-state index contributed by atoms with van der Waals surface area (Å²) in [5.74, 6) is 0.737. The highest BCUT2D eigenvalue weighted by Gasteiger charge is 2.27. The van der Waals surface area contributed by atoms with Crippen LogP contribution in [0.3, 0.4) is 0 Å². The zero-order valence-electron chi connectivity index (χ0n) is 12.0. The maximum absolute atomic E-state index is 12.2. The zero-order valence-corrected chi connectivity index (χ0v) is 12.0. The van der Waals surface area contributed by atoms with Gasteiger partial charge in [-0.15, -0.1) is 0 Å². The molecule has 0 bridgehead atoms. The summed E-state index contributed by atoms with van der Waals surface area (Å²) in [6.07, 6.45) is -4.91. The average molecular weight is 290 g/mol. The number of halogens is 3. The molecule has 1 aromatic carbocycles. The molecule has 0 saturated carbocycles. The molecule has 1 unspecified atom stereocenters. The molecule has 0 heterocycles. The number of nitrogens with zero attached hydrogens (tertiary/aromatic N) is 1. The molecule has 0 fully saturated rings. The van der Waals surface area contributed by atoms with Crippen molar-refractivity contribution in [3.8, 4) is 5.75 Å². The normalized spacial score (nSPS) is 13.6. The van der Waals surface area contributed by atoms with Crippen molar-refractivity contribution in [1.29, 1.82) is 0 Å². The van der Waals surface area contributed by atoms with E-state index in [-0.39, 0.29) is 12.6 Å². The predicted molar refractivity (Wildman–Crippen MR) is 73.0 cm³/mol. The van der Waals surface area contributed by atoms with E-state index < -0.39 is 12.6 Å². The lowest BCUT2D eigenvalue weighted by atomic mass is 10.1. The molecule has 20 heavy (non-hydrogen) atoms. The van der Waals surface area contributed by atoms with Crippen molar-refractivity contribution in [2.75, 3.05) is 34.3 Å². The van der Waals surface area contributed by atoms with E-state index in [0.29, 0.717) is 6.54 Å². The minimum atomic E-state index is -4.11. The number of ether oxygens (including phenoxy) is 1. The van der Waals surface area contributed by atoms with Gasteiger partial charge in [-0.05, 0) is 31.8 Å². The van der Waals surface area contributed by atoms with Crippen LogP contribution in [-0.4, -0.2) is 45.4 Å². The lowest BCUT2D eigenvalue weighted by Crippen LogP contribution is -2.33. The van der Waals surface area contributed by atoms with Crippen molar-refractivity contribution >= 4 is 0 Å². The second-order valence-electron chi connectivity index (χ2n) is 4.75. The van der Waals surface area contributed by atoms with Gasteiger partial charge in [0, 0.05) is 19.1 Å². The van der Waals surface area contributed by atoms with Gasteiger partial charge in [-0.1, -0.05) is 12.1 Å². The molecule has 1 N–H and O–H groups in total. The first-order chi connectivity index (χ1) is 9.35. The van der Waals surface area contributed by atoms with Crippen LogP contribution in [0.4, 0.5) is 13.2 Å². The summed E-state index contributed by atoms with van der Waals surface area (Å²) in [5.41, 5.74) is 0.991. The van der Waals surface area contributed by atoms with Gasteiger partial charge in [0.15, 0.2) is 0 Å². The molecule has 0 saturated heterocycles. The smallest absolute Gasteiger partial charge is 0.390 e. The summed E-state index contributed by atoms with van der Waals surface area (Å²) in [7, 11) is 5.07. The molecule has 0 aromatic heterocycles. The zero-order chi connectivity index (χ0) is 15.2. The van der Waals surface area contributed by atoms with Crippen molar-refractivity contribution in [2.24, 2.45) is 0 Å². The van der Waals surface area contributed by atoms with Crippen molar-refractivity contribution in [2.45, 2.75) is 18.6 Å². The maximum Gasteiger partial charge on any atom is 0.390 e. The Morgan fingerprint density at radius 1 is 1.35 bits per heavy atom. The Morgan fingerprint density at radius 3 is 2.60 bits per heavy atom. The molecule has 1 atom stereocenters. The van der Waals surface area contributed by atoms with E-state index >= 15 is 0 Å². The minimum absolute atomic E-state index is 0.00829. The Bertz CT molecular complexity index is 410. The van der Waals surface area contributed by atoms with Gasteiger partial charge in [-0.2, -0.15) is 13.2 Å². The molecular weight excluding hydrogens is 269 g/mol. The van der Waals surface area contributed by atoms with E-state index in [1.165, 1.54) is 0 Å². The third-order valence-corrected chi connectivity index (χ3v) is 3.12. The number of nitrogens with one attached hydrogen (secondary N) is 1. The van der Waals surface area contributed by atoms with Crippen molar-refractivity contribution in [3.05, 3.63) is 29.8 Å². The topological polar surface area (TPSA) is 24.5 Å². The molecule has 6 heteroatoms. The van der Waals surface area contributed by atoms with Crippen LogP contribution in [0.25, 0.3) is 0 Å². The first kappa shape index (κ1) is 16.8. The van der Waals surface area contributed by atoms with Crippen molar-refractivity contribution < 1.29 is 17.9 Å². The van der Waals surface area contributed by atoms with E-state index in [0.717, 1.165) is 11.3 Å². The van der Waals surface area contributed by atoms with Crippen LogP contribution in [-0.2, 0) is 0 Å². The van der Waals surface area contributed by atoms with Gasteiger partial charge in [0.2, 0.25) is 0 Å². The molecule has 3 nitrogen and oxygen atoms in total. The van der Waals surface area contributed by atoms with E-state index in [4.69, 9.17) is 4.74 Å². The number of rotatable bonds is 7. The third kappa shape index (κ3) is 5.79. The maximum atomic E-state index is 12.2. The predicted octanol–water partition coefficient (Wildman–Crippen LogP) is 2.84. The summed E-state index contributed by atoms with van der Waals surface area (Å²) in [6.45, 7) is 0.491. The largest absolute Gasteiger partial charge is 0.497 e. The molecule has 0 radical (unpaired) electrons. The van der Waals surface area contributed by atoms with E-state index in [9.17, 15) is 13.2 Å². The van der Waals surface area contributed by atoms with Gasteiger partial charge >= 0.3 is 6.18 Å². The van der Waals surface area contributed by atoms with Crippen LogP contribution in [0.15, 0.2) is 24.3 Å². The van der Waals surface area contributed by atoms with Gasteiger partial charge in [-0.3, -0.25) is 0 Å². The number of likely N-dealkylation sites (N-methyl/N-ethyl adjacent to an activating group) is 2. The SMILES string of the molecule is CNC(CN(C)CCC(F)(F)F)c1cccc(OC)c1. The Balaban J connectivity index is 2.62. The van der Waals surface area contributed by atoms with Gasteiger partial charge in [-0.25, -0.2) is 0 Å². The summed E-state index contributed by atoms with van der Waals surface area (Å²) < 4.78 is 41.8. The number of hydrogen-bond donors (Lipinski definition) is 1. The van der Waals surface area contributed by atoms with Crippen LogP contribution in [0, 0.1) is 0 Å². The van der Waals surface area contributed by atoms with Crippen molar-refractivity contribution in [1.82, 2.24) is 10.2 Å². The number of benzene rings is 1. The molecule has 0 spiro atoms. The van der Waals surface area contributed by atoms with Crippen LogP contribution in [0.2, 0.25) is 0 Å². The average Bonchev–Trinajstić information content (AvgIpc) is 2.41. The summed E-state index contributed by atoms with van der Waals surface area (Å²) in [5, 5.41) is 3.12. The fraction of sp³-hybridized carbons (Fsp3) is 0.571. The highest BCUT2D eigenvalue weighted by molar-refractivity contribution is 5.30. The number of alkyl halides is 3.